The maximum absolute atomic E-state index is 14.1. The number of nitrogens with zero attached hydrogens (tertiary/aromatic N) is 2. The lowest BCUT2D eigenvalue weighted by atomic mass is 9.56. The van der Waals surface area contributed by atoms with Crippen LogP contribution in [0.2, 0.25) is 0 Å². The molecule has 2 aromatic rings. The van der Waals surface area contributed by atoms with E-state index in [1.165, 1.54) is 24.1 Å². The van der Waals surface area contributed by atoms with E-state index in [9.17, 15) is 24.3 Å². The van der Waals surface area contributed by atoms with Crippen molar-refractivity contribution < 1.29 is 29.0 Å². The summed E-state index contributed by atoms with van der Waals surface area (Å²) >= 11 is 17.7. The summed E-state index contributed by atoms with van der Waals surface area (Å²) in [5.74, 6) is -4.87. The lowest BCUT2D eigenvalue weighted by Gasteiger charge is -2.50. The maximum Gasteiger partial charge on any atom is 0.254 e. The summed E-state index contributed by atoms with van der Waals surface area (Å²) in [5.41, 5.74) is 2.56. The maximum atomic E-state index is 14.1. The fraction of sp³-hybridized carbons (Fsp3) is 0.400. The highest BCUT2D eigenvalue weighted by molar-refractivity contribution is 9.09. The number of ether oxygens (including phenoxy) is 1. The predicted molar refractivity (Wildman–Crippen MR) is 156 cm³/mol. The molecule has 0 radical (unpaired) electrons. The summed E-state index contributed by atoms with van der Waals surface area (Å²) in [5, 5.41) is 10.2. The van der Waals surface area contributed by atoms with E-state index in [0.29, 0.717) is 16.8 Å². The molecular weight excluding hydrogens is 635 g/mol. The number of aryl methyl sites for hydroxylation is 1. The number of amides is 4. The van der Waals surface area contributed by atoms with E-state index in [0.717, 1.165) is 16.9 Å². The first-order chi connectivity index (χ1) is 19.5. The molecule has 2 aliphatic heterocycles. The van der Waals surface area contributed by atoms with Crippen LogP contribution >= 0.6 is 39.1 Å². The molecular formula is C30H27BrCl2N2O6. The summed E-state index contributed by atoms with van der Waals surface area (Å²) in [6.45, 7) is 2.02. The van der Waals surface area contributed by atoms with Gasteiger partial charge in [-0.3, -0.25) is 29.0 Å². The van der Waals surface area contributed by atoms with Gasteiger partial charge in [0.2, 0.25) is 11.8 Å². The van der Waals surface area contributed by atoms with Crippen LogP contribution in [0.25, 0.3) is 0 Å². The summed E-state index contributed by atoms with van der Waals surface area (Å²) in [6.07, 6.45) is 2.85. The normalized spacial score (nSPS) is 32.6. The predicted octanol–water partition coefficient (Wildman–Crippen LogP) is 4.88. The molecule has 8 nitrogen and oxygen atoms in total. The third-order valence-corrected chi connectivity index (χ3v) is 11.1. The van der Waals surface area contributed by atoms with Crippen LogP contribution in [0.1, 0.15) is 36.8 Å². The lowest BCUT2D eigenvalue weighted by Crippen LogP contribution is -2.60. The molecule has 1 N–H and O–H groups in total. The lowest BCUT2D eigenvalue weighted by molar-refractivity contribution is -0.138. The monoisotopic (exact) mass is 660 g/mol. The molecule has 214 valence electrons. The Labute approximate surface area is 255 Å². The minimum absolute atomic E-state index is 0.0615. The van der Waals surface area contributed by atoms with Crippen molar-refractivity contribution in [2.24, 2.45) is 17.8 Å². The molecule has 0 bridgehead atoms. The number of anilines is 1. The van der Waals surface area contributed by atoms with Crippen LogP contribution in [0, 0.1) is 17.8 Å². The van der Waals surface area contributed by atoms with Gasteiger partial charge in [0.05, 0.1) is 30.1 Å². The van der Waals surface area contributed by atoms with Crippen molar-refractivity contribution in [3.8, 4) is 11.5 Å². The average molecular weight is 662 g/mol. The van der Waals surface area contributed by atoms with Gasteiger partial charge in [-0.1, -0.05) is 52.7 Å². The molecule has 4 amide bonds. The second kappa shape index (κ2) is 9.85. The Morgan fingerprint density at radius 3 is 2.37 bits per heavy atom. The first kappa shape index (κ1) is 28.2. The Bertz CT molecular complexity index is 1530. The van der Waals surface area contributed by atoms with Crippen molar-refractivity contribution >= 4 is 68.4 Å². The third kappa shape index (κ3) is 3.71. The molecule has 2 aromatic carbocycles. The number of carbonyl (C=O) groups is 4. The van der Waals surface area contributed by atoms with E-state index in [4.69, 9.17) is 27.9 Å². The minimum atomic E-state index is -1.94. The van der Waals surface area contributed by atoms with Crippen molar-refractivity contribution in [3.05, 3.63) is 65.2 Å². The number of methoxy groups -OCH3 is 1. The molecule has 4 aliphatic rings. The second-order valence-corrected chi connectivity index (χ2v) is 12.7. The smallest absolute Gasteiger partial charge is 0.254 e. The van der Waals surface area contributed by atoms with Gasteiger partial charge in [-0.2, -0.15) is 0 Å². The van der Waals surface area contributed by atoms with E-state index in [1.54, 1.807) is 18.2 Å². The average Bonchev–Trinajstić information content (AvgIpc) is 3.31. The van der Waals surface area contributed by atoms with Crippen molar-refractivity contribution in [2.75, 3.05) is 17.5 Å². The molecule has 2 aliphatic carbocycles. The number of alkyl halides is 3. The van der Waals surface area contributed by atoms with Gasteiger partial charge in [-0.25, -0.2) is 0 Å². The number of carbonyl (C=O) groups excluding carboxylic acids is 4. The number of likely N-dealkylation sites (tertiary alicyclic amines) is 1. The molecule has 3 fully saturated rings. The van der Waals surface area contributed by atoms with E-state index in [2.05, 4.69) is 15.9 Å². The second-order valence-electron chi connectivity index (χ2n) is 10.9. The van der Waals surface area contributed by atoms with Crippen LogP contribution in [0.5, 0.6) is 11.5 Å². The van der Waals surface area contributed by atoms with Gasteiger partial charge in [0.15, 0.2) is 9.75 Å². The molecule has 41 heavy (non-hydrogen) atoms. The number of rotatable bonds is 5. The number of aromatic hydroxyl groups is 1. The number of fused-ring (bicyclic) bond motifs is 4. The van der Waals surface area contributed by atoms with Crippen molar-refractivity contribution in [1.82, 2.24) is 4.90 Å². The Kier molecular flexibility index (Phi) is 6.79. The molecule has 0 aromatic heterocycles. The SMILES string of the molecule is CCc1ccc(N2C(=O)C3CC=C4C(CC5(Cl)C(=O)N(CBr)C(=O)C5(Cl)C4c4ccc(O)cc4OC)C3C2=O)cc1. The fourth-order valence-electron chi connectivity index (χ4n) is 7.17. The molecule has 0 spiro atoms. The largest absolute Gasteiger partial charge is 0.508 e. The van der Waals surface area contributed by atoms with Crippen molar-refractivity contribution in [3.63, 3.8) is 0 Å². The van der Waals surface area contributed by atoms with Crippen LogP contribution < -0.4 is 9.64 Å². The zero-order chi connectivity index (χ0) is 29.4. The number of hydrogen-bond donors (Lipinski definition) is 1. The van der Waals surface area contributed by atoms with Crippen LogP contribution in [-0.4, -0.2) is 55.9 Å². The molecule has 6 rings (SSSR count). The number of halogens is 3. The molecule has 2 heterocycles. The van der Waals surface area contributed by atoms with Crippen LogP contribution in [0.15, 0.2) is 54.1 Å². The topological polar surface area (TPSA) is 104 Å². The minimum Gasteiger partial charge on any atom is -0.508 e. The zero-order valence-corrected chi connectivity index (χ0v) is 25.4. The Hall–Kier alpha value is -2.88. The molecule has 11 heteroatoms. The molecule has 6 atom stereocenters. The number of benzene rings is 2. The first-order valence-corrected chi connectivity index (χ1v) is 15.2. The van der Waals surface area contributed by atoms with Crippen molar-refractivity contribution in [2.45, 2.75) is 41.9 Å². The number of imide groups is 2. The van der Waals surface area contributed by atoms with Gasteiger partial charge in [0.1, 0.15) is 11.5 Å². The summed E-state index contributed by atoms with van der Waals surface area (Å²) in [6, 6.07) is 11.8. The number of allylic oxidation sites excluding steroid dienone is 2. The van der Waals surface area contributed by atoms with Gasteiger partial charge in [0, 0.05) is 17.5 Å². The van der Waals surface area contributed by atoms with Gasteiger partial charge >= 0.3 is 0 Å². The molecule has 1 saturated carbocycles. The van der Waals surface area contributed by atoms with E-state index >= 15 is 0 Å². The Morgan fingerprint density at radius 2 is 1.73 bits per heavy atom. The number of phenols is 1. The van der Waals surface area contributed by atoms with Crippen LogP contribution in [0.3, 0.4) is 0 Å². The number of phenolic OH excluding ortho intramolecular Hbond substituents is 1. The highest BCUT2D eigenvalue weighted by Gasteiger charge is 2.76. The highest BCUT2D eigenvalue weighted by Crippen LogP contribution is 2.66. The molecule has 2 saturated heterocycles. The fourth-order valence-corrected chi connectivity index (χ4v) is 8.59. The highest BCUT2D eigenvalue weighted by atomic mass is 79.9. The van der Waals surface area contributed by atoms with E-state index < -0.39 is 45.2 Å². The Balaban J connectivity index is 1.52. The van der Waals surface area contributed by atoms with Gasteiger partial charge in [-0.05, 0) is 48.9 Å². The van der Waals surface area contributed by atoms with Crippen LogP contribution in [0.4, 0.5) is 5.69 Å². The number of hydrogen-bond acceptors (Lipinski definition) is 6. The van der Waals surface area contributed by atoms with Crippen molar-refractivity contribution in [1.29, 1.82) is 0 Å². The standard InChI is InChI=1S/C30H27BrCl2N2O6/c1-3-15-4-6-16(7-5-15)35-25(37)20-11-10-18-21(23(20)26(35)38)13-29(32)27(39)34(14-31)28(40)30(29,33)24(18)19-9-8-17(36)12-22(19)41-2/h4-10,12,20-21,23-24,36H,3,11,13-14H2,1-2H3. The Morgan fingerprint density at radius 1 is 1.02 bits per heavy atom. The summed E-state index contributed by atoms with van der Waals surface area (Å²) in [7, 11) is 1.42. The summed E-state index contributed by atoms with van der Waals surface area (Å²) < 4.78 is 5.58. The van der Waals surface area contributed by atoms with E-state index in [1.807, 2.05) is 25.1 Å². The quantitative estimate of drug-likeness (QED) is 0.212. The van der Waals surface area contributed by atoms with Crippen LogP contribution in [-0.2, 0) is 25.6 Å². The van der Waals surface area contributed by atoms with E-state index in [-0.39, 0.29) is 41.6 Å². The van der Waals surface area contributed by atoms with Gasteiger partial charge < -0.3 is 9.84 Å². The third-order valence-electron chi connectivity index (χ3n) is 9.15. The van der Waals surface area contributed by atoms with Gasteiger partial charge in [-0.15, -0.1) is 23.2 Å². The molecule has 6 unspecified atom stereocenters. The van der Waals surface area contributed by atoms with Gasteiger partial charge in [0.25, 0.3) is 11.8 Å². The summed E-state index contributed by atoms with van der Waals surface area (Å²) in [4.78, 5) is 53.8. The zero-order valence-electron chi connectivity index (χ0n) is 22.3. The first-order valence-electron chi connectivity index (χ1n) is 13.4.